The number of anilines is 1. The molecule has 0 saturated carbocycles. The molecule has 0 aromatic heterocycles. The van der Waals surface area contributed by atoms with Crippen LogP contribution >= 0.6 is 0 Å². The standard InChI is InChI=1S/C17H17N3O5S/c18-26(23,24)13-4-1-11(2-5-13)7-8-19-17(22)12-3-6-15-14(9-12)20-16(21)10-25-15/h1-6,9H,7-8,10H2,(H,19,22)(H,20,21)(H2,18,23,24). The molecule has 0 atom stereocenters. The van der Waals surface area contributed by atoms with E-state index in [4.69, 9.17) is 9.88 Å². The number of ether oxygens (including phenoxy) is 1. The van der Waals surface area contributed by atoms with E-state index in [-0.39, 0.29) is 23.3 Å². The minimum Gasteiger partial charge on any atom is -0.482 e. The van der Waals surface area contributed by atoms with E-state index < -0.39 is 10.0 Å². The highest BCUT2D eigenvalue weighted by molar-refractivity contribution is 7.89. The first-order chi connectivity index (χ1) is 12.3. The Kier molecular flexibility index (Phi) is 4.92. The van der Waals surface area contributed by atoms with Gasteiger partial charge in [0.2, 0.25) is 10.0 Å². The van der Waals surface area contributed by atoms with Gasteiger partial charge >= 0.3 is 0 Å². The van der Waals surface area contributed by atoms with Crippen molar-refractivity contribution in [3.63, 3.8) is 0 Å². The monoisotopic (exact) mass is 375 g/mol. The van der Waals surface area contributed by atoms with Gasteiger partial charge in [-0.05, 0) is 42.3 Å². The van der Waals surface area contributed by atoms with Gasteiger partial charge in [0.15, 0.2) is 6.61 Å². The van der Waals surface area contributed by atoms with Crippen LogP contribution in [0.15, 0.2) is 47.4 Å². The van der Waals surface area contributed by atoms with E-state index in [9.17, 15) is 18.0 Å². The molecular weight excluding hydrogens is 358 g/mol. The molecule has 26 heavy (non-hydrogen) atoms. The van der Waals surface area contributed by atoms with Crippen molar-refractivity contribution in [3.8, 4) is 5.75 Å². The summed E-state index contributed by atoms with van der Waals surface area (Å²) >= 11 is 0. The first kappa shape index (κ1) is 17.9. The highest BCUT2D eigenvalue weighted by atomic mass is 32.2. The maximum atomic E-state index is 12.2. The normalized spacial score (nSPS) is 13.3. The molecule has 0 bridgehead atoms. The van der Waals surface area contributed by atoms with Crippen LogP contribution in [0.3, 0.4) is 0 Å². The van der Waals surface area contributed by atoms with Crippen LogP contribution in [0.5, 0.6) is 5.75 Å². The second kappa shape index (κ2) is 7.14. The van der Waals surface area contributed by atoms with E-state index >= 15 is 0 Å². The van der Waals surface area contributed by atoms with Crippen LogP contribution in [0.2, 0.25) is 0 Å². The predicted octanol–water partition coefficient (Wildman–Crippen LogP) is 0.637. The molecule has 0 unspecified atom stereocenters. The summed E-state index contributed by atoms with van der Waals surface area (Å²) in [6.07, 6.45) is 0.529. The fourth-order valence-electron chi connectivity index (χ4n) is 2.49. The van der Waals surface area contributed by atoms with Gasteiger partial charge in [0.25, 0.3) is 11.8 Å². The number of amides is 2. The van der Waals surface area contributed by atoms with E-state index in [1.54, 1.807) is 30.3 Å². The molecule has 1 aliphatic heterocycles. The summed E-state index contributed by atoms with van der Waals surface area (Å²) in [4.78, 5) is 23.6. The Morgan fingerprint density at radius 1 is 1.19 bits per heavy atom. The second-order valence-corrected chi connectivity index (χ2v) is 7.30. The van der Waals surface area contributed by atoms with Gasteiger partial charge in [-0.2, -0.15) is 0 Å². The third-order valence-corrected chi connectivity index (χ3v) is 4.75. The lowest BCUT2D eigenvalue weighted by Gasteiger charge is -2.18. The lowest BCUT2D eigenvalue weighted by molar-refractivity contribution is -0.118. The maximum Gasteiger partial charge on any atom is 0.262 e. The number of benzene rings is 2. The number of sulfonamides is 1. The van der Waals surface area contributed by atoms with E-state index in [0.29, 0.717) is 30.0 Å². The third kappa shape index (κ3) is 4.19. The number of nitrogens with two attached hydrogens (primary N) is 1. The Bertz CT molecular complexity index is 955. The summed E-state index contributed by atoms with van der Waals surface area (Å²) in [5.41, 5.74) is 1.73. The van der Waals surface area contributed by atoms with Crippen molar-refractivity contribution in [3.05, 3.63) is 53.6 Å². The van der Waals surface area contributed by atoms with Crippen molar-refractivity contribution in [2.24, 2.45) is 5.14 Å². The molecule has 4 N–H and O–H groups in total. The first-order valence-corrected chi connectivity index (χ1v) is 9.34. The number of hydrogen-bond acceptors (Lipinski definition) is 5. The molecule has 2 aromatic rings. The average molecular weight is 375 g/mol. The summed E-state index contributed by atoms with van der Waals surface area (Å²) in [6, 6.07) is 11.0. The van der Waals surface area contributed by atoms with Crippen molar-refractivity contribution in [1.29, 1.82) is 0 Å². The summed E-state index contributed by atoms with van der Waals surface area (Å²) in [7, 11) is -3.71. The quantitative estimate of drug-likeness (QED) is 0.706. The minimum absolute atomic E-state index is 0.0389. The molecule has 0 fully saturated rings. The van der Waals surface area contributed by atoms with Crippen molar-refractivity contribution in [2.45, 2.75) is 11.3 Å². The van der Waals surface area contributed by atoms with E-state index in [1.807, 2.05) is 0 Å². The summed E-state index contributed by atoms with van der Waals surface area (Å²) in [5, 5.41) is 10.5. The summed E-state index contributed by atoms with van der Waals surface area (Å²) < 4.78 is 27.7. The van der Waals surface area contributed by atoms with Crippen LogP contribution in [-0.4, -0.2) is 33.4 Å². The molecule has 0 saturated heterocycles. The van der Waals surface area contributed by atoms with Crippen LogP contribution in [-0.2, 0) is 21.2 Å². The lowest BCUT2D eigenvalue weighted by atomic mass is 10.1. The number of nitrogens with one attached hydrogen (secondary N) is 2. The van der Waals surface area contributed by atoms with Gasteiger partial charge in [-0.1, -0.05) is 12.1 Å². The van der Waals surface area contributed by atoms with E-state index in [2.05, 4.69) is 10.6 Å². The third-order valence-electron chi connectivity index (χ3n) is 3.83. The van der Waals surface area contributed by atoms with Gasteiger partial charge in [0, 0.05) is 12.1 Å². The number of carbonyl (C=O) groups excluding carboxylic acids is 2. The summed E-state index contributed by atoms with van der Waals surface area (Å²) in [6.45, 7) is 0.330. The Morgan fingerprint density at radius 3 is 2.62 bits per heavy atom. The topological polar surface area (TPSA) is 128 Å². The highest BCUT2D eigenvalue weighted by Gasteiger charge is 2.17. The van der Waals surface area contributed by atoms with Crippen molar-refractivity contribution < 1.29 is 22.7 Å². The van der Waals surface area contributed by atoms with Gasteiger partial charge in [-0.25, -0.2) is 13.6 Å². The smallest absolute Gasteiger partial charge is 0.262 e. The molecule has 0 radical (unpaired) electrons. The molecule has 2 amide bonds. The fraction of sp³-hybridized carbons (Fsp3) is 0.176. The zero-order valence-corrected chi connectivity index (χ0v) is 14.5. The molecule has 9 heteroatoms. The maximum absolute atomic E-state index is 12.2. The molecule has 136 valence electrons. The van der Waals surface area contributed by atoms with Gasteiger partial charge < -0.3 is 15.4 Å². The van der Waals surface area contributed by atoms with E-state index in [1.165, 1.54) is 12.1 Å². The average Bonchev–Trinajstić information content (AvgIpc) is 2.60. The Balaban J connectivity index is 1.57. The van der Waals surface area contributed by atoms with Gasteiger partial charge in [-0.3, -0.25) is 9.59 Å². The van der Waals surface area contributed by atoms with Crippen LogP contribution in [0.1, 0.15) is 15.9 Å². The van der Waals surface area contributed by atoms with Crippen LogP contribution in [0.25, 0.3) is 0 Å². The zero-order valence-electron chi connectivity index (χ0n) is 13.7. The SMILES string of the molecule is NS(=O)(=O)c1ccc(CCNC(=O)c2ccc3c(c2)NC(=O)CO3)cc1. The zero-order chi connectivity index (χ0) is 18.7. The highest BCUT2D eigenvalue weighted by Crippen LogP contribution is 2.28. The molecule has 0 spiro atoms. The van der Waals surface area contributed by atoms with Crippen molar-refractivity contribution in [2.75, 3.05) is 18.5 Å². The molecule has 3 rings (SSSR count). The lowest BCUT2D eigenvalue weighted by Crippen LogP contribution is -2.28. The fourth-order valence-corrected chi connectivity index (χ4v) is 3.01. The number of hydrogen-bond donors (Lipinski definition) is 3. The second-order valence-electron chi connectivity index (χ2n) is 5.74. The Hall–Kier alpha value is -2.91. The van der Waals surface area contributed by atoms with Crippen molar-refractivity contribution in [1.82, 2.24) is 5.32 Å². The van der Waals surface area contributed by atoms with Gasteiger partial charge in [0.05, 0.1) is 10.6 Å². The Labute approximate surface area is 150 Å². The molecule has 2 aromatic carbocycles. The van der Waals surface area contributed by atoms with Crippen molar-refractivity contribution >= 4 is 27.5 Å². The Morgan fingerprint density at radius 2 is 1.92 bits per heavy atom. The largest absolute Gasteiger partial charge is 0.482 e. The van der Waals surface area contributed by atoms with E-state index in [0.717, 1.165) is 5.56 Å². The molecular formula is C17H17N3O5S. The minimum atomic E-state index is -3.71. The predicted molar refractivity (Wildman–Crippen MR) is 94.4 cm³/mol. The first-order valence-electron chi connectivity index (χ1n) is 7.79. The van der Waals surface area contributed by atoms with Gasteiger partial charge in [0.1, 0.15) is 5.75 Å². The van der Waals surface area contributed by atoms with Gasteiger partial charge in [-0.15, -0.1) is 0 Å². The van der Waals surface area contributed by atoms with Crippen LogP contribution in [0.4, 0.5) is 5.69 Å². The number of primary sulfonamides is 1. The number of carbonyl (C=O) groups is 2. The molecule has 8 nitrogen and oxygen atoms in total. The number of rotatable bonds is 5. The molecule has 1 heterocycles. The van der Waals surface area contributed by atoms with Crippen LogP contribution < -0.4 is 20.5 Å². The molecule has 0 aliphatic carbocycles. The molecule has 1 aliphatic rings. The summed E-state index contributed by atoms with van der Waals surface area (Å²) in [5.74, 6) is -0.0251. The van der Waals surface area contributed by atoms with Crippen LogP contribution in [0, 0.1) is 0 Å². The number of fused-ring (bicyclic) bond motifs is 1.